The number of hydrogen-bond donors (Lipinski definition) is 2. The molecule has 1 atom stereocenters. The highest BCUT2D eigenvalue weighted by Gasteiger charge is 2.39. The van der Waals surface area contributed by atoms with Gasteiger partial charge in [-0.3, -0.25) is 4.79 Å². The molecule has 0 bridgehead atoms. The van der Waals surface area contributed by atoms with Gasteiger partial charge < -0.3 is 15.5 Å². The summed E-state index contributed by atoms with van der Waals surface area (Å²) >= 11 is 0. The molecular formula is C14H29N3O. The Morgan fingerprint density at radius 3 is 2.56 bits per heavy atom. The zero-order valence-electron chi connectivity index (χ0n) is 12.6. The number of rotatable bonds is 6. The van der Waals surface area contributed by atoms with Gasteiger partial charge in [0, 0.05) is 19.6 Å². The molecule has 1 fully saturated rings. The first-order valence-corrected chi connectivity index (χ1v) is 6.95. The maximum absolute atomic E-state index is 12.4. The third-order valence-electron chi connectivity index (χ3n) is 3.87. The van der Waals surface area contributed by atoms with Crippen molar-refractivity contribution >= 4 is 5.91 Å². The quantitative estimate of drug-likeness (QED) is 0.746. The third-order valence-corrected chi connectivity index (χ3v) is 3.87. The molecule has 1 aliphatic rings. The van der Waals surface area contributed by atoms with Gasteiger partial charge in [-0.25, -0.2) is 0 Å². The van der Waals surface area contributed by atoms with Crippen LogP contribution in [0.2, 0.25) is 0 Å². The Balaban J connectivity index is 2.50. The summed E-state index contributed by atoms with van der Waals surface area (Å²) in [6.07, 6.45) is 1.88. The van der Waals surface area contributed by atoms with E-state index >= 15 is 0 Å². The van der Waals surface area contributed by atoms with Crippen molar-refractivity contribution in [3.05, 3.63) is 0 Å². The second-order valence-corrected chi connectivity index (χ2v) is 6.65. The SMILES string of the molecule is CCC1(C(=O)NCC(C)(C)CN(C)C)CCNC1. The van der Waals surface area contributed by atoms with Crippen LogP contribution in [-0.2, 0) is 4.79 Å². The predicted molar refractivity (Wildman–Crippen MR) is 75.6 cm³/mol. The van der Waals surface area contributed by atoms with Gasteiger partial charge in [0.2, 0.25) is 5.91 Å². The maximum atomic E-state index is 12.4. The molecule has 18 heavy (non-hydrogen) atoms. The van der Waals surface area contributed by atoms with Crippen LogP contribution in [0, 0.1) is 10.8 Å². The van der Waals surface area contributed by atoms with Crippen molar-refractivity contribution in [3.8, 4) is 0 Å². The first kappa shape index (κ1) is 15.4. The second-order valence-electron chi connectivity index (χ2n) is 6.65. The van der Waals surface area contributed by atoms with Gasteiger partial charge in [0.1, 0.15) is 0 Å². The Kier molecular flexibility index (Phi) is 5.17. The summed E-state index contributed by atoms with van der Waals surface area (Å²) in [5.41, 5.74) is -0.0612. The molecule has 1 amide bonds. The summed E-state index contributed by atoms with van der Waals surface area (Å²) in [5, 5.41) is 6.46. The lowest BCUT2D eigenvalue weighted by Gasteiger charge is -2.31. The van der Waals surface area contributed by atoms with Crippen LogP contribution in [0.3, 0.4) is 0 Å². The molecular weight excluding hydrogens is 226 g/mol. The molecule has 4 heteroatoms. The van der Waals surface area contributed by atoms with Crippen molar-refractivity contribution in [1.82, 2.24) is 15.5 Å². The van der Waals surface area contributed by atoms with E-state index in [-0.39, 0.29) is 16.7 Å². The second kappa shape index (κ2) is 6.02. The number of nitrogens with zero attached hydrogens (tertiary/aromatic N) is 1. The monoisotopic (exact) mass is 255 g/mol. The third kappa shape index (κ3) is 3.95. The lowest BCUT2D eigenvalue weighted by molar-refractivity contribution is -0.130. The van der Waals surface area contributed by atoms with E-state index in [2.05, 4.69) is 50.4 Å². The molecule has 1 unspecified atom stereocenters. The van der Waals surface area contributed by atoms with Crippen LogP contribution < -0.4 is 10.6 Å². The van der Waals surface area contributed by atoms with E-state index in [4.69, 9.17) is 0 Å². The van der Waals surface area contributed by atoms with Crippen molar-refractivity contribution in [1.29, 1.82) is 0 Å². The summed E-state index contributed by atoms with van der Waals surface area (Å²) in [6, 6.07) is 0. The highest BCUT2D eigenvalue weighted by molar-refractivity contribution is 5.83. The molecule has 0 saturated carbocycles. The van der Waals surface area contributed by atoms with Crippen LogP contribution in [0.25, 0.3) is 0 Å². The van der Waals surface area contributed by atoms with Crippen molar-refractivity contribution in [2.24, 2.45) is 10.8 Å². The van der Waals surface area contributed by atoms with E-state index in [1.165, 1.54) is 0 Å². The fourth-order valence-electron chi connectivity index (χ4n) is 2.82. The summed E-state index contributed by atoms with van der Waals surface area (Å²) in [7, 11) is 4.13. The molecule has 0 aromatic rings. The van der Waals surface area contributed by atoms with Crippen LogP contribution in [0.5, 0.6) is 0 Å². The standard InChI is InChI=1S/C14H29N3O/c1-6-14(7-8-15-10-14)12(18)16-9-13(2,3)11-17(4)5/h15H,6-11H2,1-5H3,(H,16,18). The summed E-state index contributed by atoms with van der Waals surface area (Å²) in [6.45, 7) is 10.00. The maximum Gasteiger partial charge on any atom is 0.227 e. The number of nitrogens with one attached hydrogen (secondary N) is 2. The zero-order valence-corrected chi connectivity index (χ0v) is 12.6. The average molecular weight is 255 g/mol. The van der Waals surface area contributed by atoms with Gasteiger partial charge in [0.15, 0.2) is 0 Å². The first-order chi connectivity index (χ1) is 8.31. The zero-order chi connectivity index (χ0) is 13.8. The minimum atomic E-state index is -0.172. The topological polar surface area (TPSA) is 44.4 Å². The molecule has 1 heterocycles. The molecule has 4 nitrogen and oxygen atoms in total. The summed E-state index contributed by atoms with van der Waals surface area (Å²) < 4.78 is 0. The van der Waals surface area contributed by atoms with Gasteiger partial charge in [0.25, 0.3) is 0 Å². The Labute approximate surface area is 111 Å². The molecule has 0 aliphatic carbocycles. The number of carbonyl (C=O) groups is 1. The van der Waals surface area contributed by atoms with Gasteiger partial charge >= 0.3 is 0 Å². The summed E-state index contributed by atoms with van der Waals surface area (Å²) in [5.74, 6) is 0.224. The van der Waals surface area contributed by atoms with E-state index in [1.807, 2.05) is 0 Å². The fourth-order valence-corrected chi connectivity index (χ4v) is 2.82. The summed E-state index contributed by atoms with van der Waals surface area (Å²) in [4.78, 5) is 14.5. The van der Waals surface area contributed by atoms with Crippen LogP contribution in [0.15, 0.2) is 0 Å². The molecule has 1 aliphatic heterocycles. The van der Waals surface area contributed by atoms with Crippen LogP contribution in [-0.4, -0.2) is 51.1 Å². The fraction of sp³-hybridized carbons (Fsp3) is 0.929. The van der Waals surface area contributed by atoms with Gasteiger partial charge in [0.05, 0.1) is 5.41 Å². The van der Waals surface area contributed by atoms with Crippen molar-refractivity contribution in [2.45, 2.75) is 33.6 Å². The lowest BCUT2D eigenvalue weighted by Crippen LogP contribution is -2.47. The first-order valence-electron chi connectivity index (χ1n) is 6.95. The van der Waals surface area contributed by atoms with E-state index in [1.54, 1.807) is 0 Å². The molecule has 1 rings (SSSR count). The minimum Gasteiger partial charge on any atom is -0.355 e. The van der Waals surface area contributed by atoms with Gasteiger partial charge in [-0.1, -0.05) is 20.8 Å². The van der Waals surface area contributed by atoms with Crippen molar-refractivity contribution < 1.29 is 4.79 Å². The molecule has 2 N–H and O–H groups in total. The van der Waals surface area contributed by atoms with Crippen LogP contribution in [0.1, 0.15) is 33.6 Å². The van der Waals surface area contributed by atoms with Gasteiger partial charge in [-0.2, -0.15) is 0 Å². The van der Waals surface area contributed by atoms with E-state index in [0.717, 1.165) is 39.0 Å². The Morgan fingerprint density at radius 1 is 1.44 bits per heavy atom. The highest BCUT2D eigenvalue weighted by atomic mass is 16.2. The normalized spacial score (nSPS) is 24.6. The van der Waals surface area contributed by atoms with Crippen molar-refractivity contribution in [2.75, 3.05) is 40.3 Å². The molecule has 0 aromatic carbocycles. The Morgan fingerprint density at radius 2 is 2.11 bits per heavy atom. The van der Waals surface area contributed by atoms with E-state index in [9.17, 15) is 4.79 Å². The molecule has 0 spiro atoms. The minimum absolute atomic E-state index is 0.111. The largest absolute Gasteiger partial charge is 0.355 e. The number of hydrogen-bond acceptors (Lipinski definition) is 3. The average Bonchev–Trinajstić information content (AvgIpc) is 2.74. The lowest BCUT2D eigenvalue weighted by atomic mass is 9.82. The van der Waals surface area contributed by atoms with E-state index in [0.29, 0.717) is 0 Å². The Hall–Kier alpha value is -0.610. The van der Waals surface area contributed by atoms with Crippen LogP contribution in [0.4, 0.5) is 0 Å². The number of carbonyl (C=O) groups excluding carboxylic acids is 1. The molecule has 0 radical (unpaired) electrons. The van der Waals surface area contributed by atoms with Gasteiger partial charge in [-0.05, 0) is 38.9 Å². The molecule has 1 saturated heterocycles. The van der Waals surface area contributed by atoms with Gasteiger partial charge in [-0.15, -0.1) is 0 Å². The Bertz CT molecular complexity index is 281. The molecule has 0 aromatic heterocycles. The van der Waals surface area contributed by atoms with E-state index < -0.39 is 0 Å². The highest BCUT2D eigenvalue weighted by Crippen LogP contribution is 2.29. The number of amides is 1. The van der Waals surface area contributed by atoms with Crippen molar-refractivity contribution in [3.63, 3.8) is 0 Å². The smallest absolute Gasteiger partial charge is 0.227 e. The van der Waals surface area contributed by atoms with Crippen LogP contribution >= 0.6 is 0 Å². The predicted octanol–water partition coefficient (Wildman–Crippen LogP) is 1.08. The molecule has 106 valence electrons.